The molecular weight excluding hydrogens is 440 g/mol. The number of amides is 1. The van der Waals surface area contributed by atoms with Crippen LogP contribution < -0.4 is 15.1 Å². The Labute approximate surface area is 206 Å². The smallest absolute Gasteiger partial charge is 0.274 e. The second kappa shape index (κ2) is 12.2. The fraction of sp³-hybridized carbons (Fsp3) is 0.357. The van der Waals surface area contributed by atoms with Crippen LogP contribution in [0.25, 0.3) is 10.8 Å². The number of fused-ring (bicyclic) bond motifs is 1. The van der Waals surface area contributed by atoms with Crippen molar-refractivity contribution in [3.8, 4) is 11.8 Å². The molecule has 0 radical (unpaired) electrons. The Kier molecular flexibility index (Phi) is 8.55. The lowest BCUT2D eigenvalue weighted by atomic mass is 10.0. The summed E-state index contributed by atoms with van der Waals surface area (Å²) >= 11 is 0. The SMILES string of the molecule is COc1ccccc1N1CCN(CCCCCONC(=O)c2cc(C#N)c3ccccc3c2)CC1. The maximum Gasteiger partial charge on any atom is 0.274 e. The van der Waals surface area contributed by atoms with E-state index in [9.17, 15) is 10.1 Å². The van der Waals surface area contributed by atoms with Crippen molar-refractivity contribution >= 4 is 22.4 Å². The van der Waals surface area contributed by atoms with Gasteiger partial charge in [0, 0.05) is 31.7 Å². The van der Waals surface area contributed by atoms with Crippen molar-refractivity contribution in [1.82, 2.24) is 10.4 Å². The van der Waals surface area contributed by atoms with Crippen molar-refractivity contribution in [2.24, 2.45) is 0 Å². The lowest BCUT2D eigenvalue weighted by molar-refractivity contribution is 0.0296. The van der Waals surface area contributed by atoms with E-state index in [0.717, 1.165) is 68.5 Å². The monoisotopic (exact) mass is 472 g/mol. The minimum Gasteiger partial charge on any atom is -0.495 e. The van der Waals surface area contributed by atoms with Crippen LogP contribution in [0.1, 0.15) is 35.2 Å². The number of piperazine rings is 1. The molecule has 1 heterocycles. The summed E-state index contributed by atoms with van der Waals surface area (Å²) in [4.78, 5) is 22.7. The van der Waals surface area contributed by atoms with E-state index < -0.39 is 0 Å². The molecule has 3 aromatic carbocycles. The first-order chi connectivity index (χ1) is 17.2. The molecule has 4 rings (SSSR count). The molecule has 1 saturated heterocycles. The third kappa shape index (κ3) is 6.30. The van der Waals surface area contributed by atoms with Crippen molar-refractivity contribution in [3.05, 3.63) is 71.8 Å². The number of hydrogen-bond donors (Lipinski definition) is 1. The molecule has 1 aliphatic rings. The van der Waals surface area contributed by atoms with Crippen molar-refractivity contribution in [1.29, 1.82) is 5.26 Å². The average molecular weight is 473 g/mol. The van der Waals surface area contributed by atoms with Gasteiger partial charge in [-0.1, -0.05) is 36.4 Å². The van der Waals surface area contributed by atoms with E-state index in [-0.39, 0.29) is 5.91 Å². The van der Waals surface area contributed by atoms with Crippen LogP contribution in [0.4, 0.5) is 5.69 Å². The van der Waals surface area contributed by atoms with Crippen LogP contribution in [-0.4, -0.2) is 57.2 Å². The molecule has 1 N–H and O–H groups in total. The molecule has 0 spiro atoms. The molecule has 0 atom stereocenters. The number of benzene rings is 3. The Bertz CT molecular complexity index is 1180. The standard InChI is InChI=1S/C28H32N4O3/c1-34-27-12-6-5-11-26(27)32-16-14-31(15-17-32)13-7-2-8-18-35-30-28(33)23-19-22-9-3-4-10-25(22)24(20-23)21-29/h3-6,9-12,19-20H,2,7-8,13-18H2,1H3,(H,30,33). The van der Waals surface area contributed by atoms with Crippen LogP contribution in [0.15, 0.2) is 60.7 Å². The van der Waals surface area contributed by atoms with E-state index in [1.807, 2.05) is 36.4 Å². The number of nitriles is 1. The maximum atomic E-state index is 12.5. The van der Waals surface area contributed by atoms with Gasteiger partial charge in [-0.25, -0.2) is 5.48 Å². The summed E-state index contributed by atoms with van der Waals surface area (Å²) in [6.07, 6.45) is 3.02. The Morgan fingerprint density at radius 2 is 1.77 bits per heavy atom. The molecule has 3 aromatic rings. The number of nitrogens with zero attached hydrogens (tertiary/aromatic N) is 3. The second-order valence-electron chi connectivity index (χ2n) is 8.70. The molecule has 7 heteroatoms. The van der Waals surface area contributed by atoms with Crippen LogP contribution in [0.3, 0.4) is 0 Å². The molecule has 0 unspecified atom stereocenters. The van der Waals surface area contributed by atoms with Gasteiger partial charge in [-0.15, -0.1) is 0 Å². The number of unbranched alkanes of at least 4 members (excludes halogenated alkanes) is 2. The van der Waals surface area contributed by atoms with Crippen molar-refractivity contribution in [3.63, 3.8) is 0 Å². The highest BCUT2D eigenvalue weighted by Gasteiger charge is 2.19. The van der Waals surface area contributed by atoms with E-state index in [0.29, 0.717) is 17.7 Å². The largest absolute Gasteiger partial charge is 0.495 e. The van der Waals surface area contributed by atoms with Gasteiger partial charge < -0.3 is 9.64 Å². The summed E-state index contributed by atoms with van der Waals surface area (Å²) in [7, 11) is 1.72. The van der Waals surface area contributed by atoms with Gasteiger partial charge in [0.15, 0.2) is 0 Å². The topological polar surface area (TPSA) is 77.8 Å². The van der Waals surface area contributed by atoms with Crippen LogP contribution >= 0.6 is 0 Å². The van der Waals surface area contributed by atoms with Gasteiger partial charge >= 0.3 is 0 Å². The predicted octanol–water partition coefficient (Wildman–Crippen LogP) is 4.37. The average Bonchev–Trinajstić information content (AvgIpc) is 2.92. The van der Waals surface area contributed by atoms with E-state index >= 15 is 0 Å². The molecule has 0 aliphatic carbocycles. The van der Waals surface area contributed by atoms with E-state index in [4.69, 9.17) is 9.57 Å². The Hall–Kier alpha value is -3.60. The molecule has 35 heavy (non-hydrogen) atoms. The molecule has 1 aliphatic heterocycles. The van der Waals surface area contributed by atoms with E-state index in [2.05, 4.69) is 33.5 Å². The summed E-state index contributed by atoms with van der Waals surface area (Å²) in [5, 5.41) is 11.1. The number of carbonyl (C=O) groups is 1. The summed E-state index contributed by atoms with van der Waals surface area (Å²) < 4.78 is 5.50. The number of para-hydroxylation sites is 2. The normalized spacial score (nSPS) is 14.0. The van der Waals surface area contributed by atoms with E-state index in [1.165, 1.54) is 5.69 Å². The van der Waals surface area contributed by atoms with Gasteiger partial charge in [0.25, 0.3) is 5.91 Å². The lowest BCUT2D eigenvalue weighted by Crippen LogP contribution is -2.46. The first-order valence-corrected chi connectivity index (χ1v) is 12.1. The molecule has 0 aromatic heterocycles. The first kappa shape index (κ1) is 24.5. The zero-order chi connectivity index (χ0) is 24.5. The zero-order valence-electron chi connectivity index (χ0n) is 20.2. The summed E-state index contributed by atoms with van der Waals surface area (Å²) in [5.74, 6) is 0.597. The molecule has 182 valence electrons. The minimum atomic E-state index is -0.333. The number of anilines is 1. The van der Waals surface area contributed by atoms with Crippen molar-refractivity contribution in [2.45, 2.75) is 19.3 Å². The van der Waals surface area contributed by atoms with Crippen LogP contribution in [0.2, 0.25) is 0 Å². The first-order valence-electron chi connectivity index (χ1n) is 12.1. The predicted molar refractivity (Wildman–Crippen MR) is 138 cm³/mol. The second-order valence-corrected chi connectivity index (χ2v) is 8.70. The summed E-state index contributed by atoms with van der Waals surface area (Å²) in [6.45, 7) is 5.61. The highest BCUT2D eigenvalue weighted by molar-refractivity contribution is 6.00. The molecule has 1 fully saturated rings. The third-order valence-corrected chi connectivity index (χ3v) is 6.43. The lowest BCUT2D eigenvalue weighted by Gasteiger charge is -2.36. The number of ether oxygens (including phenoxy) is 1. The molecule has 7 nitrogen and oxygen atoms in total. The molecular formula is C28H32N4O3. The fourth-order valence-electron chi connectivity index (χ4n) is 4.50. The Morgan fingerprint density at radius 3 is 2.57 bits per heavy atom. The maximum absolute atomic E-state index is 12.5. The van der Waals surface area contributed by atoms with Gasteiger partial charge in [-0.3, -0.25) is 14.5 Å². The number of nitrogens with one attached hydrogen (secondary N) is 1. The molecule has 0 saturated carbocycles. The molecule has 1 amide bonds. The number of hydroxylamine groups is 1. The van der Waals surface area contributed by atoms with Crippen molar-refractivity contribution in [2.75, 3.05) is 51.3 Å². The quantitative estimate of drug-likeness (QED) is 0.349. The van der Waals surface area contributed by atoms with Gasteiger partial charge in [0.2, 0.25) is 0 Å². The number of methoxy groups -OCH3 is 1. The van der Waals surface area contributed by atoms with Gasteiger partial charge in [0.05, 0.1) is 31.0 Å². The fourth-order valence-corrected chi connectivity index (χ4v) is 4.50. The van der Waals surface area contributed by atoms with E-state index in [1.54, 1.807) is 19.2 Å². The number of carbonyl (C=O) groups excluding carboxylic acids is 1. The van der Waals surface area contributed by atoms with Crippen LogP contribution in [0.5, 0.6) is 5.75 Å². The zero-order valence-corrected chi connectivity index (χ0v) is 20.2. The highest BCUT2D eigenvalue weighted by atomic mass is 16.6. The summed E-state index contributed by atoms with van der Waals surface area (Å²) in [6, 6.07) is 21.3. The van der Waals surface area contributed by atoms with Gasteiger partial charge in [-0.2, -0.15) is 5.26 Å². The van der Waals surface area contributed by atoms with Gasteiger partial charge in [0.1, 0.15) is 5.75 Å². The van der Waals surface area contributed by atoms with Crippen LogP contribution in [0, 0.1) is 11.3 Å². The third-order valence-electron chi connectivity index (χ3n) is 6.43. The van der Waals surface area contributed by atoms with Crippen LogP contribution in [-0.2, 0) is 4.84 Å². The van der Waals surface area contributed by atoms with Crippen molar-refractivity contribution < 1.29 is 14.4 Å². The number of rotatable bonds is 10. The minimum absolute atomic E-state index is 0.333. The Morgan fingerprint density at radius 1 is 1.00 bits per heavy atom. The summed E-state index contributed by atoms with van der Waals surface area (Å²) in [5.41, 5.74) is 4.59. The number of hydrogen-bond acceptors (Lipinski definition) is 6. The Balaban J connectivity index is 1.12. The highest BCUT2D eigenvalue weighted by Crippen LogP contribution is 2.28. The van der Waals surface area contributed by atoms with Gasteiger partial charge in [-0.05, 0) is 60.8 Å². The molecule has 0 bridgehead atoms.